The van der Waals surface area contributed by atoms with Gasteiger partial charge in [-0.25, -0.2) is 0 Å². The smallest absolute Gasteiger partial charge is 0.251 e. The lowest BCUT2D eigenvalue weighted by molar-refractivity contribution is -0.117. The number of para-hydroxylation sites is 1. The van der Waals surface area contributed by atoms with Gasteiger partial charge in [0, 0.05) is 23.6 Å². The molecule has 2 aromatic rings. The van der Waals surface area contributed by atoms with Gasteiger partial charge in [-0.1, -0.05) is 31.2 Å². The van der Waals surface area contributed by atoms with Gasteiger partial charge in [0.25, 0.3) is 5.91 Å². The Bertz CT molecular complexity index is 824. The molecule has 3 atom stereocenters. The Kier molecular flexibility index (Phi) is 4.37. The number of carbonyl (C=O) groups excluding carboxylic acids is 2. The van der Waals surface area contributed by atoms with E-state index in [1.807, 2.05) is 24.3 Å². The molecule has 134 valence electrons. The Morgan fingerprint density at radius 3 is 2.73 bits per heavy atom. The van der Waals surface area contributed by atoms with Crippen LogP contribution in [0.25, 0.3) is 0 Å². The summed E-state index contributed by atoms with van der Waals surface area (Å²) in [5.41, 5.74) is 2.36. The Labute approximate surface area is 152 Å². The molecule has 1 aliphatic carbocycles. The van der Waals surface area contributed by atoms with Crippen molar-refractivity contribution in [1.82, 2.24) is 5.32 Å². The molecule has 4 rings (SSSR count). The average molecular weight is 350 g/mol. The van der Waals surface area contributed by atoms with Crippen LogP contribution < -0.4 is 15.4 Å². The topological polar surface area (TPSA) is 67.4 Å². The second-order valence-electron chi connectivity index (χ2n) is 7.15. The first kappa shape index (κ1) is 16.6. The van der Waals surface area contributed by atoms with Crippen LogP contribution in [0.4, 0.5) is 5.69 Å². The second kappa shape index (κ2) is 6.83. The van der Waals surface area contributed by atoms with Crippen molar-refractivity contribution < 1.29 is 14.3 Å². The molecular weight excluding hydrogens is 328 g/mol. The van der Waals surface area contributed by atoms with Gasteiger partial charge in [-0.3, -0.25) is 9.59 Å². The van der Waals surface area contributed by atoms with Crippen LogP contribution >= 0.6 is 0 Å². The molecule has 5 nitrogen and oxygen atoms in total. The highest BCUT2D eigenvalue weighted by Gasteiger charge is 2.39. The maximum atomic E-state index is 12.4. The first-order chi connectivity index (χ1) is 12.6. The fourth-order valence-corrected chi connectivity index (χ4v) is 3.34. The summed E-state index contributed by atoms with van der Waals surface area (Å²) < 4.78 is 5.84. The monoisotopic (exact) mass is 350 g/mol. The van der Waals surface area contributed by atoms with Crippen LogP contribution in [0, 0.1) is 11.8 Å². The Morgan fingerprint density at radius 2 is 1.96 bits per heavy atom. The molecule has 2 aliphatic rings. The second-order valence-corrected chi connectivity index (χ2v) is 7.15. The first-order valence-electron chi connectivity index (χ1n) is 9.04. The molecule has 0 aromatic heterocycles. The van der Waals surface area contributed by atoms with Gasteiger partial charge in [0.15, 0.2) is 0 Å². The number of fused-ring (bicyclic) bond motifs is 1. The van der Waals surface area contributed by atoms with Gasteiger partial charge >= 0.3 is 0 Å². The van der Waals surface area contributed by atoms with Crippen LogP contribution in [0.15, 0.2) is 48.5 Å². The van der Waals surface area contributed by atoms with Crippen molar-refractivity contribution in [2.45, 2.75) is 25.9 Å². The number of carbonyl (C=O) groups is 2. The van der Waals surface area contributed by atoms with E-state index >= 15 is 0 Å². The lowest BCUT2D eigenvalue weighted by Crippen LogP contribution is -2.34. The molecule has 1 aliphatic heterocycles. The third kappa shape index (κ3) is 3.57. The van der Waals surface area contributed by atoms with Crippen molar-refractivity contribution in [1.29, 1.82) is 0 Å². The van der Waals surface area contributed by atoms with Crippen molar-refractivity contribution in [3.63, 3.8) is 0 Å². The normalized spacial score (nSPS) is 22.9. The summed E-state index contributed by atoms with van der Waals surface area (Å²) in [5, 5.41) is 5.82. The molecular formula is C21H22N2O3. The largest absolute Gasteiger partial charge is 0.488 e. The molecule has 1 heterocycles. The zero-order valence-corrected chi connectivity index (χ0v) is 14.7. The van der Waals surface area contributed by atoms with Crippen molar-refractivity contribution in [3.8, 4) is 5.75 Å². The highest BCUT2D eigenvalue weighted by atomic mass is 16.5. The third-order valence-electron chi connectivity index (χ3n) is 5.04. The number of amides is 2. The molecule has 1 saturated carbocycles. The lowest BCUT2D eigenvalue weighted by Gasteiger charge is -2.12. The minimum Gasteiger partial charge on any atom is -0.488 e. The molecule has 26 heavy (non-hydrogen) atoms. The quantitative estimate of drug-likeness (QED) is 0.871. The summed E-state index contributed by atoms with van der Waals surface area (Å²) >= 11 is 0. The molecule has 2 N–H and O–H groups in total. The molecule has 0 unspecified atom stereocenters. The number of benzene rings is 2. The van der Waals surface area contributed by atoms with E-state index in [-0.39, 0.29) is 23.8 Å². The molecule has 0 radical (unpaired) electrons. The Morgan fingerprint density at radius 1 is 1.15 bits per heavy atom. The van der Waals surface area contributed by atoms with Crippen molar-refractivity contribution in [3.05, 3.63) is 59.7 Å². The van der Waals surface area contributed by atoms with Gasteiger partial charge in [0.1, 0.15) is 11.9 Å². The minimum absolute atomic E-state index is 0.0344. The van der Waals surface area contributed by atoms with Crippen LogP contribution in [0.3, 0.4) is 0 Å². The van der Waals surface area contributed by atoms with Crippen LogP contribution in [0.1, 0.15) is 29.3 Å². The minimum atomic E-state index is -0.166. The van der Waals surface area contributed by atoms with Gasteiger partial charge in [-0.15, -0.1) is 0 Å². The van der Waals surface area contributed by atoms with Gasteiger partial charge in [-0.05, 0) is 42.2 Å². The van der Waals surface area contributed by atoms with Gasteiger partial charge in [0.05, 0.1) is 6.54 Å². The van der Waals surface area contributed by atoms with E-state index in [1.54, 1.807) is 24.3 Å². The molecule has 0 spiro atoms. The van der Waals surface area contributed by atoms with Gasteiger partial charge in [-0.2, -0.15) is 0 Å². The predicted octanol–water partition coefficient (Wildman–Crippen LogP) is 3.01. The third-order valence-corrected chi connectivity index (χ3v) is 5.04. The lowest BCUT2D eigenvalue weighted by atomic mass is 10.1. The fraction of sp³-hybridized carbons (Fsp3) is 0.333. The number of ether oxygens (including phenoxy) is 1. The SMILES string of the molecule is C[C@@H]1C[C@@H]1C(=O)Nc1cccc(C(=O)NC[C@@H]2Cc3ccccc3O2)c1. The molecule has 0 bridgehead atoms. The fourth-order valence-electron chi connectivity index (χ4n) is 3.34. The van der Waals surface area contributed by atoms with E-state index in [9.17, 15) is 9.59 Å². The molecule has 1 fully saturated rings. The summed E-state index contributed by atoms with van der Waals surface area (Å²) in [6.07, 6.45) is 1.69. The zero-order chi connectivity index (χ0) is 18.1. The zero-order valence-electron chi connectivity index (χ0n) is 14.7. The maximum absolute atomic E-state index is 12.4. The first-order valence-corrected chi connectivity index (χ1v) is 9.04. The van der Waals surface area contributed by atoms with Crippen LogP contribution in [-0.4, -0.2) is 24.5 Å². The number of nitrogens with one attached hydrogen (secondary N) is 2. The van der Waals surface area contributed by atoms with Crippen molar-refractivity contribution in [2.24, 2.45) is 11.8 Å². The number of anilines is 1. The summed E-state index contributed by atoms with van der Waals surface area (Å²) in [6, 6.07) is 15.0. The number of rotatable bonds is 5. The molecule has 2 amide bonds. The average Bonchev–Trinajstić information content (AvgIpc) is 3.23. The summed E-state index contributed by atoms with van der Waals surface area (Å²) in [7, 11) is 0. The van der Waals surface area contributed by atoms with E-state index in [0.717, 1.165) is 18.6 Å². The summed E-state index contributed by atoms with van der Waals surface area (Å²) in [5.74, 6) is 1.32. The van der Waals surface area contributed by atoms with E-state index in [1.165, 1.54) is 5.56 Å². The summed E-state index contributed by atoms with van der Waals surface area (Å²) in [6.45, 7) is 2.52. The predicted molar refractivity (Wildman–Crippen MR) is 99.2 cm³/mol. The maximum Gasteiger partial charge on any atom is 0.251 e. The highest BCUT2D eigenvalue weighted by Crippen LogP contribution is 2.38. The van der Waals surface area contributed by atoms with E-state index in [2.05, 4.69) is 17.6 Å². The van der Waals surface area contributed by atoms with E-state index < -0.39 is 0 Å². The van der Waals surface area contributed by atoms with Crippen LogP contribution in [0.2, 0.25) is 0 Å². The molecule has 5 heteroatoms. The van der Waals surface area contributed by atoms with Crippen molar-refractivity contribution in [2.75, 3.05) is 11.9 Å². The summed E-state index contributed by atoms with van der Waals surface area (Å²) in [4.78, 5) is 24.5. The van der Waals surface area contributed by atoms with Gasteiger partial charge < -0.3 is 15.4 Å². The number of hydrogen-bond donors (Lipinski definition) is 2. The standard InChI is InChI=1S/C21H22N2O3/c1-13-9-18(13)21(25)23-16-7-4-6-15(10-16)20(24)22-12-17-11-14-5-2-3-8-19(14)26-17/h2-8,10,13,17-18H,9,11-12H2,1H3,(H,22,24)(H,23,25)/t13-,17+,18+/m1/s1. The molecule has 2 aromatic carbocycles. The van der Waals surface area contributed by atoms with Crippen LogP contribution in [0.5, 0.6) is 5.75 Å². The highest BCUT2D eigenvalue weighted by molar-refractivity contribution is 5.98. The van der Waals surface area contributed by atoms with E-state index in [0.29, 0.717) is 23.7 Å². The number of hydrogen-bond acceptors (Lipinski definition) is 3. The van der Waals surface area contributed by atoms with Crippen LogP contribution in [-0.2, 0) is 11.2 Å². The Balaban J connectivity index is 1.32. The van der Waals surface area contributed by atoms with Crippen molar-refractivity contribution >= 4 is 17.5 Å². The van der Waals surface area contributed by atoms with E-state index in [4.69, 9.17) is 4.74 Å². The van der Waals surface area contributed by atoms with Gasteiger partial charge in [0.2, 0.25) is 5.91 Å². The Hall–Kier alpha value is -2.82. The molecule has 0 saturated heterocycles.